The highest BCUT2D eigenvalue weighted by molar-refractivity contribution is 5.86. The fraction of sp³-hybridized carbons (Fsp3) is 0.250. The second-order valence-corrected chi connectivity index (χ2v) is 9.16. The molecule has 178 valence electrons. The van der Waals surface area contributed by atoms with Crippen LogP contribution in [0.3, 0.4) is 0 Å². The maximum atomic E-state index is 12.7. The molecule has 2 aliphatic rings. The van der Waals surface area contributed by atoms with E-state index >= 15 is 0 Å². The van der Waals surface area contributed by atoms with Gasteiger partial charge in [0.25, 0.3) is 0 Å². The van der Waals surface area contributed by atoms with Crippen molar-refractivity contribution in [1.82, 2.24) is 10.6 Å². The average molecular weight is 471 g/mol. The number of rotatable bonds is 8. The Morgan fingerprint density at radius 3 is 2.03 bits per heavy atom. The lowest BCUT2D eigenvalue weighted by atomic mass is 9.98. The van der Waals surface area contributed by atoms with Crippen molar-refractivity contribution in [2.75, 3.05) is 6.61 Å². The monoisotopic (exact) mass is 470 g/mol. The summed E-state index contributed by atoms with van der Waals surface area (Å²) in [5.74, 6) is -1.62. The second-order valence-electron chi connectivity index (χ2n) is 9.16. The molecule has 0 saturated heterocycles. The SMILES string of the molecule is O=C(CC1(NC(=O)OCC2c3ccccc3-c3ccccc32)CC1)N[C@@H](C(=O)O)c1ccccc1. The molecule has 0 heterocycles. The summed E-state index contributed by atoms with van der Waals surface area (Å²) in [7, 11) is 0. The van der Waals surface area contributed by atoms with Crippen molar-refractivity contribution < 1.29 is 24.2 Å². The van der Waals surface area contributed by atoms with Gasteiger partial charge in [-0.1, -0.05) is 78.9 Å². The average Bonchev–Trinajstić information content (AvgIpc) is 3.53. The smallest absolute Gasteiger partial charge is 0.407 e. The lowest BCUT2D eigenvalue weighted by Gasteiger charge is -2.20. The van der Waals surface area contributed by atoms with Gasteiger partial charge in [-0.3, -0.25) is 4.79 Å². The Morgan fingerprint density at radius 1 is 0.886 bits per heavy atom. The van der Waals surface area contributed by atoms with Crippen molar-refractivity contribution in [2.45, 2.75) is 36.8 Å². The zero-order chi connectivity index (χ0) is 24.4. The second kappa shape index (κ2) is 9.25. The van der Waals surface area contributed by atoms with E-state index in [2.05, 4.69) is 34.9 Å². The van der Waals surface area contributed by atoms with E-state index < -0.39 is 29.6 Å². The fourth-order valence-electron chi connectivity index (χ4n) is 4.80. The van der Waals surface area contributed by atoms with Gasteiger partial charge in [-0.05, 0) is 40.7 Å². The molecule has 7 nitrogen and oxygen atoms in total. The number of benzene rings is 3. The predicted octanol–water partition coefficient (Wildman–Crippen LogP) is 4.39. The first-order valence-corrected chi connectivity index (χ1v) is 11.7. The number of carbonyl (C=O) groups excluding carboxylic acids is 2. The number of alkyl carbamates (subject to hydrolysis) is 1. The Kier molecular flexibility index (Phi) is 5.99. The summed E-state index contributed by atoms with van der Waals surface area (Å²) in [5.41, 5.74) is 4.34. The lowest BCUT2D eigenvalue weighted by molar-refractivity contribution is -0.142. The number of fused-ring (bicyclic) bond motifs is 3. The highest BCUT2D eigenvalue weighted by Gasteiger charge is 2.46. The van der Waals surface area contributed by atoms with E-state index in [4.69, 9.17) is 4.74 Å². The van der Waals surface area contributed by atoms with Gasteiger partial charge in [0.1, 0.15) is 6.61 Å². The Hall–Kier alpha value is -4.13. The molecule has 2 amide bonds. The Balaban J connectivity index is 1.19. The predicted molar refractivity (Wildman–Crippen MR) is 130 cm³/mol. The number of ether oxygens (including phenoxy) is 1. The number of hydrogen-bond donors (Lipinski definition) is 3. The van der Waals surface area contributed by atoms with E-state index in [1.807, 2.05) is 24.3 Å². The van der Waals surface area contributed by atoms with Crippen molar-refractivity contribution in [1.29, 1.82) is 0 Å². The molecular weight excluding hydrogens is 444 g/mol. The zero-order valence-corrected chi connectivity index (χ0v) is 19.1. The van der Waals surface area contributed by atoms with E-state index in [9.17, 15) is 19.5 Å². The first kappa shape index (κ1) is 22.7. The molecule has 0 radical (unpaired) electrons. The number of hydrogen-bond acceptors (Lipinski definition) is 4. The summed E-state index contributed by atoms with van der Waals surface area (Å²) in [4.78, 5) is 37.0. The molecule has 3 aromatic rings. The minimum Gasteiger partial charge on any atom is -0.479 e. The maximum Gasteiger partial charge on any atom is 0.407 e. The van der Waals surface area contributed by atoms with Crippen LogP contribution in [-0.4, -0.2) is 35.2 Å². The first-order valence-electron chi connectivity index (χ1n) is 11.7. The number of carboxylic acid groups (broad SMARTS) is 1. The molecule has 2 aliphatic carbocycles. The summed E-state index contributed by atoms with van der Waals surface area (Å²) in [5, 5.41) is 15.0. The summed E-state index contributed by atoms with van der Waals surface area (Å²) in [6.45, 7) is 0.192. The van der Waals surface area contributed by atoms with Crippen molar-refractivity contribution in [2.24, 2.45) is 0 Å². The fourth-order valence-corrected chi connectivity index (χ4v) is 4.80. The molecule has 0 unspecified atom stereocenters. The van der Waals surface area contributed by atoms with Crippen molar-refractivity contribution in [3.8, 4) is 11.1 Å². The number of carbonyl (C=O) groups is 3. The molecule has 7 heteroatoms. The normalized spacial score (nSPS) is 15.9. The van der Waals surface area contributed by atoms with Crippen molar-refractivity contribution in [3.63, 3.8) is 0 Å². The van der Waals surface area contributed by atoms with Crippen LogP contribution in [0.15, 0.2) is 78.9 Å². The van der Waals surface area contributed by atoms with Crippen LogP contribution in [0.1, 0.15) is 47.9 Å². The van der Waals surface area contributed by atoms with E-state index in [1.165, 1.54) is 0 Å². The van der Waals surface area contributed by atoms with Crippen molar-refractivity contribution >= 4 is 18.0 Å². The molecule has 3 aromatic carbocycles. The molecule has 0 bridgehead atoms. The molecule has 0 aliphatic heterocycles. The third-order valence-electron chi connectivity index (χ3n) is 6.75. The molecule has 1 fully saturated rings. The maximum absolute atomic E-state index is 12.7. The summed E-state index contributed by atoms with van der Waals surface area (Å²) >= 11 is 0. The standard InChI is InChI=1S/C28H26N2O5/c31-24(29-25(26(32)33)18-8-2-1-3-9-18)16-28(14-15-28)30-27(34)35-17-23-21-12-6-4-10-19(21)20-11-5-7-13-22(20)23/h1-13,23,25H,14-17H2,(H,29,31)(H,30,34)(H,32,33)/t25-/m1/s1. The van der Waals surface area contributed by atoms with Gasteiger partial charge in [0.2, 0.25) is 5.91 Å². The van der Waals surface area contributed by atoms with Crippen LogP contribution in [0.5, 0.6) is 0 Å². The van der Waals surface area contributed by atoms with E-state index in [0.717, 1.165) is 22.3 Å². The Bertz CT molecular complexity index is 1220. The molecule has 1 saturated carbocycles. The lowest BCUT2D eigenvalue weighted by Crippen LogP contribution is -2.43. The molecule has 0 spiro atoms. The molecule has 0 aromatic heterocycles. The summed E-state index contributed by atoms with van der Waals surface area (Å²) in [6.07, 6.45) is 0.685. The van der Waals surface area contributed by atoms with Gasteiger partial charge < -0.3 is 20.5 Å². The van der Waals surface area contributed by atoms with E-state index in [0.29, 0.717) is 18.4 Å². The molecule has 3 N–H and O–H groups in total. The minimum atomic E-state index is -1.14. The largest absolute Gasteiger partial charge is 0.479 e. The van der Waals surface area contributed by atoms with Crippen LogP contribution in [0.25, 0.3) is 11.1 Å². The van der Waals surface area contributed by atoms with Gasteiger partial charge in [-0.2, -0.15) is 0 Å². The number of amides is 2. The topological polar surface area (TPSA) is 105 Å². The van der Waals surface area contributed by atoms with Gasteiger partial charge in [0, 0.05) is 12.3 Å². The third-order valence-corrected chi connectivity index (χ3v) is 6.75. The summed E-state index contributed by atoms with van der Waals surface area (Å²) in [6, 6.07) is 23.6. The minimum absolute atomic E-state index is 0.00614. The van der Waals surface area contributed by atoms with Crippen LogP contribution in [0, 0.1) is 0 Å². The number of carboxylic acids is 1. The Labute approximate surface area is 203 Å². The Morgan fingerprint density at radius 2 is 1.46 bits per heavy atom. The van der Waals surface area contributed by atoms with Gasteiger partial charge in [-0.25, -0.2) is 9.59 Å². The van der Waals surface area contributed by atoms with Gasteiger partial charge in [0.05, 0.1) is 5.54 Å². The van der Waals surface area contributed by atoms with Gasteiger partial charge >= 0.3 is 12.1 Å². The highest BCUT2D eigenvalue weighted by atomic mass is 16.5. The quantitative estimate of drug-likeness (QED) is 0.453. The van der Waals surface area contributed by atoms with Gasteiger partial charge in [-0.15, -0.1) is 0 Å². The van der Waals surface area contributed by atoms with Crippen molar-refractivity contribution in [3.05, 3.63) is 95.6 Å². The van der Waals surface area contributed by atoms with Crippen LogP contribution < -0.4 is 10.6 Å². The number of nitrogens with one attached hydrogen (secondary N) is 2. The summed E-state index contributed by atoms with van der Waals surface area (Å²) < 4.78 is 5.61. The van der Waals surface area contributed by atoms with E-state index in [-0.39, 0.29) is 18.9 Å². The number of aliphatic carboxylic acids is 1. The molecule has 5 rings (SSSR count). The van der Waals surface area contributed by atoms with Crippen LogP contribution >= 0.6 is 0 Å². The molecule has 1 atom stereocenters. The molecule has 35 heavy (non-hydrogen) atoms. The van der Waals surface area contributed by atoms with Crippen LogP contribution in [-0.2, 0) is 14.3 Å². The first-order chi connectivity index (χ1) is 17.0. The zero-order valence-electron chi connectivity index (χ0n) is 19.1. The van der Waals surface area contributed by atoms with Crippen LogP contribution in [0.2, 0.25) is 0 Å². The third kappa shape index (κ3) is 4.75. The van der Waals surface area contributed by atoms with E-state index in [1.54, 1.807) is 30.3 Å². The van der Waals surface area contributed by atoms with Crippen LogP contribution in [0.4, 0.5) is 4.79 Å². The highest BCUT2D eigenvalue weighted by Crippen LogP contribution is 2.44. The van der Waals surface area contributed by atoms with Gasteiger partial charge in [0.15, 0.2) is 6.04 Å². The molecular formula is C28H26N2O5.